The quantitative estimate of drug-likeness (QED) is 0.286. The summed E-state index contributed by atoms with van der Waals surface area (Å²) in [5.74, 6) is -0.670. The molecule has 0 aromatic heterocycles. The standard InChI is InChI=1S/C8H15Cl2O8P/c9-7(10)8(18-19(12,13)14)17-6-5-16-4-3-15-2-1-11/h11H,1-6H2,(H2,12,13,14). The number of ether oxygens (including phenoxy) is 3. The second-order valence-electron chi connectivity index (χ2n) is 2.93. The lowest BCUT2D eigenvalue weighted by molar-refractivity contribution is 0.00346. The van der Waals surface area contributed by atoms with Crippen LogP contribution in [0, 0.1) is 0 Å². The summed E-state index contributed by atoms with van der Waals surface area (Å²) in [6, 6.07) is 0. The second-order valence-corrected chi connectivity index (χ2v) is 5.04. The van der Waals surface area contributed by atoms with E-state index in [1.807, 2.05) is 0 Å². The fourth-order valence-electron chi connectivity index (χ4n) is 0.803. The highest BCUT2D eigenvalue weighted by Gasteiger charge is 2.21. The van der Waals surface area contributed by atoms with E-state index in [1.54, 1.807) is 0 Å². The van der Waals surface area contributed by atoms with Crippen LogP contribution in [0.15, 0.2) is 10.4 Å². The van der Waals surface area contributed by atoms with Gasteiger partial charge in [0.05, 0.1) is 33.0 Å². The first-order valence-corrected chi connectivity index (χ1v) is 7.35. The van der Waals surface area contributed by atoms with Crippen LogP contribution in [0.3, 0.4) is 0 Å². The maximum absolute atomic E-state index is 10.6. The van der Waals surface area contributed by atoms with Gasteiger partial charge in [0.2, 0.25) is 0 Å². The van der Waals surface area contributed by atoms with Gasteiger partial charge in [-0.15, -0.1) is 0 Å². The Labute approximate surface area is 120 Å². The van der Waals surface area contributed by atoms with Gasteiger partial charge in [0, 0.05) is 0 Å². The van der Waals surface area contributed by atoms with Gasteiger partial charge in [0.25, 0.3) is 0 Å². The lowest BCUT2D eigenvalue weighted by Gasteiger charge is -2.12. The molecular weight excluding hydrogens is 326 g/mol. The number of phosphoric acid groups is 1. The molecule has 0 rings (SSSR count). The monoisotopic (exact) mass is 340 g/mol. The summed E-state index contributed by atoms with van der Waals surface area (Å²) in [5, 5.41) is 8.42. The van der Waals surface area contributed by atoms with Crippen LogP contribution in [0.1, 0.15) is 0 Å². The summed E-state index contributed by atoms with van der Waals surface area (Å²) in [7, 11) is -4.79. The molecule has 0 aromatic carbocycles. The molecule has 0 heterocycles. The minimum Gasteiger partial charge on any atom is -0.461 e. The summed E-state index contributed by atoms with van der Waals surface area (Å²) in [5.41, 5.74) is 0. The molecule has 0 amide bonds. The first kappa shape index (κ1) is 18.9. The number of aliphatic hydroxyl groups excluding tert-OH is 1. The Morgan fingerprint density at radius 3 is 2.00 bits per heavy atom. The third-order valence-corrected chi connectivity index (χ3v) is 2.14. The van der Waals surface area contributed by atoms with Crippen LogP contribution in [0.4, 0.5) is 0 Å². The molecular formula is C8H15Cl2O8P. The van der Waals surface area contributed by atoms with Crippen molar-refractivity contribution in [2.24, 2.45) is 0 Å². The van der Waals surface area contributed by atoms with Gasteiger partial charge >= 0.3 is 13.8 Å². The number of hydrogen-bond donors (Lipinski definition) is 3. The fraction of sp³-hybridized carbons (Fsp3) is 0.750. The number of phosphoric ester groups is 1. The van der Waals surface area contributed by atoms with Gasteiger partial charge in [-0.2, -0.15) is 0 Å². The van der Waals surface area contributed by atoms with E-state index in [0.29, 0.717) is 6.61 Å². The van der Waals surface area contributed by atoms with Crippen LogP contribution in [0.25, 0.3) is 0 Å². The zero-order valence-electron chi connectivity index (χ0n) is 9.83. The molecule has 0 atom stereocenters. The SMILES string of the molecule is O=P(O)(O)OC(OCCOCCOCCO)=C(Cl)Cl. The Morgan fingerprint density at radius 2 is 1.53 bits per heavy atom. The van der Waals surface area contributed by atoms with Gasteiger partial charge < -0.3 is 23.8 Å². The summed E-state index contributed by atoms with van der Waals surface area (Å²) in [6.45, 7) is 0.778. The van der Waals surface area contributed by atoms with E-state index in [4.69, 9.17) is 52.3 Å². The molecule has 8 nitrogen and oxygen atoms in total. The zero-order chi connectivity index (χ0) is 14.7. The lowest BCUT2D eigenvalue weighted by atomic mass is 10.7. The number of aliphatic hydroxyl groups is 1. The van der Waals surface area contributed by atoms with E-state index in [2.05, 4.69) is 4.52 Å². The van der Waals surface area contributed by atoms with Crippen molar-refractivity contribution in [1.29, 1.82) is 0 Å². The van der Waals surface area contributed by atoms with Crippen LogP contribution in [-0.2, 0) is 23.3 Å². The van der Waals surface area contributed by atoms with E-state index in [9.17, 15) is 4.57 Å². The molecule has 0 aliphatic rings. The highest BCUT2D eigenvalue weighted by atomic mass is 35.5. The third kappa shape index (κ3) is 12.7. The molecule has 0 aliphatic carbocycles. The van der Waals surface area contributed by atoms with Crippen molar-refractivity contribution >= 4 is 31.0 Å². The molecule has 0 aliphatic heterocycles. The predicted octanol–water partition coefficient (Wildman–Crippen LogP) is 0.742. The molecule has 3 N–H and O–H groups in total. The Hall–Kier alpha value is -0.0500. The first-order chi connectivity index (χ1) is 8.87. The lowest BCUT2D eigenvalue weighted by Crippen LogP contribution is -2.11. The smallest absolute Gasteiger partial charge is 0.461 e. The van der Waals surface area contributed by atoms with Crippen molar-refractivity contribution in [2.75, 3.05) is 39.6 Å². The average Bonchev–Trinajstić information content (AvgIpc) is 2.29. The van der Waals surface area contributed by atoms with Crippen LogP contribution >= 0.6 is 31.0 Å². The molecule has 0 aromatic rings. The zero-order valence-corrected chi connectivity index (χ0v) is 12.2. The maximum Gasteiger partial charge on any atom is 0.527 e. The highest BCUT2D eigenvalue weighted by molar-refractivity contribution is 7.46. The van der Waals surface area contributed by atoms with E-state index >= 15 is 0 Å². The molecule has 0 saturated heterocycles. The van der Waals surface area contributed by atoms with Crippen molar-refractivity contribution in [1.82, 2.24) is 0 Å². The van der Waals surface area contributed by atoms with E-state index in [1.165, 1.54) is 0 Å². The van der Waals surface area contributed by atoms with Crippen LogP contribution in [0.5, 0.6) is 0 Å². The van der Waals surface area contributed by atoms with Gasteiger partial charge in [-0.05, 0) is 0 Å². The Balaban J connectivity index is 3.73. The first-order valence-electron chi connectivity index (χ1n) is 5.06. The average molecular weight is 341 g/mol. The van der Waals surface area contributed by atoms with Crippen LogP contribution < -0.4 is 0 Å². The van der Waals surface area contributed by atoms with Crippen molar-refractivity contribution in [3.05, 3.63) is 10.4 Å². The molecule has 0 saturated carbocycles. The van der Waals surface area contributed by atoms with E-state index < -0.39 is 18.3 Å². The van der Waals surface area contributed by atoms with Crippen molar-refractivity contribution in [3.8, 4) is 0 Å². The Kier molecular flexibility index (Phi) is 10.7. The van der Waals surface area contributed by atoms with Crippen LogP contribution in [-0.4, -0.2) is 54.5 Å². The minimum absolute atomic E-state index is 0.0643. The van der Waals surface area contributed by atoms with E-state index in [-0.39, 0.29) is 33.0 Å². The molecule has 19 heavy (non-hydrogen) atoms. The van der Waals surface area contributed by atoms with Gasteiger partial charge in [-0.3, -0.25) is 9.79 Å². The normalized spacial score (nSPS) is 11.2. The molecule has 0 fully saturated rings. The van der Waals surface area contributed by atoms with Crippen molar-refractivity contribution < 1.29 is 38.2 Å². The summed E-state index contributed by atoms with van der Waals surface area (Å²) in [6.07, 6.45) is 0. The topological polar surface area (TPSA) is 115 Å². The predicted molar refractivity (Wildman–Crippen MR) is 66.5 cm³/mol. The van der Waals surface area contributed by atoms with Crippen molar-refractivity contribution in [2.45, 2.75) is 0 Å². The Morgan fingerprint density at radius 1 is 1.00 bits per heavy atom. The summed E-state index contributed by atoms with van der Waals surface area (Å²) >= 11 is 10.6. The highest BCUT2D eigenvalue weighted by Crippen LogP contribution is 2.40. The number of hydrogen-bond acceptors (Lipinski definition) is 6. The van der Waals surface area contributed by atoms with Gasteiger partial charge in [0.15, 0.2) is 4.49 Å². The second kappa shape index (κ2) is 10.7. The minimum atomic E-state index is -4.79. The largest absolute Gasteiger partial charge is 0.527 e. The molecule has 0 radical (unpaired) electrons. The van der Waals surface area contributed by atoms with Gasteiger partial charge in [0.1, 0.15) is 6.61 Å². The van der Waals surface area contributed by atoms with Gasteiger partial charge in [-0.25, -0.2) is 4.57 Å². The Bertz CT molecular complexity index is 314. The maximum atomic E-state index is 10.6. The molecule has 0 bridgehead atoms. The summed E-state index contributed by atoms with van der Waals surface area (Å²) < 4.78 is 28.9. The molecule has 11 heteroatoms. The summed E-state index contributed by atoms with van der Waals surface area (Å²) in [4.78, 5) is 17.1. The van der Waals surface area contributed by atoms with Crippen molar-refractivity contribution in [3.63, 3.8) is 0 Å². The number of halogens is 2. The molecule has 0 unspecified atom stereocenters. The number of rotatable bonds is 11. The van der Waals surface area contributed by atoms with Gasteiger partial charge in [-0.1, -0.05) is 23.2 Å². The fourth-order valence-corrected chi connectivity index (χ4v) is 1.46. The molecule has 0 spiro atoms. The third-order valence-electron chi connectivity index (χ3n) is 1.42. The molecule has 114 valence electrons. The van der Waals surface area contributed by atoms with Crippen LogP contribution in [0.2, 0.25) is 0 Å². The van der Waals surface area contributed by atoms with E-state index in [0.717, 1.165) is 0 Å².